The van der Waals surface area contributed by atoms with Crippen LogP contribution in [0.15, 0.2) is 12.7 Å². The van der Waals surface area contributed by atoms with Crippen LogP contribution in [-0.2, 0) is 0 Å². The van der Waals surface area contributed by atoms with E-state index in [0.29, 0.717) is 6.54 Å². The summed E-state index contributed by atoms with van der Waals surface area (Å²) in [7, 11) is 1.76. The van der Waals surface area contributed by atoms with Crippen molar-refractivity contribution in [2.75, 3.05) is 20.1 Å². The molecule has 0 aliphatic heterocycles. The second-order valence-corrected chi connectivity index (χ2v) is 8.15. The third-order valence-corrected chi connectivity index (χ3v) is 5.25. The van der Waals surface area contributed by atoms with Crippen LogP contribution in [0.5, 0.6) is 0 Å². The molecular weight excluding hydrogens is 306 g/mol. The number of nitrogens with zero attached hydrogens (tertiary/aromatic N) is 1. The van der Waals surface area contributed by atoms with Crippen LogP contribution in [0.4, 0.5) is 0 Å². The fraction of sp³-hybridized carbons (Fsp3) is 0.913. The first-order valence-corrected chi connectivity index (χ1v) is 11.3. The summed E-state index contributed by atoms with van der Waals surface area (Å²) < 4.78 is -0.151. The molecule has 2 heteroatoms. The van der Waals surface area contributed by atoms with Crippen molar-refractivity contribution in [3.8, 4) is 0 Å². The van der Waals surface area contributed by atoms with Gasteiger partial charge in [0.05, 0.1) is 20.1 Å². The van der Waals surface area contributed by atoms with E-state index >= 15 is 0 Å². The van der Waals surface area contributed by atoms with Crippen LogP contribution < -0.4 is 0 Å². The number of hydrogen-bond acceptors (Lipinski definition) is 1. The van der Waals surface area contributed by atoms with Crippen LogP contribution >= 0.6 is 0 Å². The second-order valence-electron chi connectivity index (χ2n) is 8.15. The average molecular weight is 354 g/mol. The Morgan fingerprint density at radius 3 is 1.28 bits per heavy atom. The van der Waals surface area contributed by atoms with Crippen LogP contribution in [-0.4, -0.2) is 24.8 Å². The number of quaternary nitrogens is 1. The summed E-state index contributed by atoms with van der Waals surface area (Å²) in [5.41, 5.74) is 0. The van der Waals surface area contributed by atoms with E-state index in [1.54, 1.807) is 13.1 Å². The van der Waals surface area contributed by atoms with Crippen LogP contribution in [0, 0.1) is 5.21 Å². The largest absolute Gasteiger partial charge is 0.633 e. The Morgan fingerprint density at radius 1 is 0.640 bits per heavy atom. The lowest BCUT2D eigenvalue weighted by Crippen LogP contribution is -2.38. The Labute approximate surface area is 159 Å². The molecule has 0 aliphatic carbocycles. The predicted molar refractivity (Wildman–Crippen MR) is 114 cm³/mol. The van der Waals surface area contributed by atoms with Crippen molar-refractivity contribution in [1.29, 1.82) is 0 Å². The van der Waals surface area contributed by atoms with E-state index in [2.05, 4.69) is 13.5 Å². The van der Waals surface area contributed by atoms with Crippen molar-refractivity contribution < 1.29 is 4.65 Å². The lowest BCUT2D eigenvalue weighted by molar-refractivity contribution is -0.854. The summed E-state index contributed by atoms with van der Waals surface area (Å²) in [4.78, 5) is 0. The van der Waals surface area contributed by atoms with E-state index in [1.807, 2.05) is 0 Å². The zero-order valence-electron chi connectivity index (χ0n) is 17.6. The highest BCUT2D eigenvalue weighted by molar-refractivity contribution is 4.65. The van der Waals surface area contributed by atoms with Gasteiger partial charge in [-0.1, -0.05) is 110 Å². The zero-order valence-corrected chi connectivity index (χ0v) is 17.6. The van der Waals surface area contributed by atoms with E-state index in [1.165, 1.54) is 103 Å². The molecule has 0 heterocycles. The maximum absolute atomic E-state index is 11.9. The maximum Gasteiger partial charge on any atom is 0.0966 e. The average Bonchev–Trinajstić information content (AvgIpc) is 2.57. The summed E-state index contributed by atoms with van der Waals surface area (Å²) in [5, 5.41) is 11.9. The van der Waals surface area contributed by atoms with E-state index in [4.69, 9.17) is 0 Å². The minimum absolute atomic E-state index is 0.151. The van der Waals surface area contributed by atoms with Gasteiger partial charge in [0, 0.05) is 0 Å². The summed E-state index contributed by atoms with van der Waals surface area (Å²) in [6.45, 7) is 7.22. The van der Waals surface area contributed by atoms with E-state index in [-0.39, 0.29) is 4.65 Å². The molecule has 2 nitrogen and oxygen atoms in total. The maximum atomic E-state index is 11.9. The Morgan fingerprint density at radius 2 is 0.960 bits per heavy atom. The van der Waals surface area contributed by atoms with Crippen LogP contribution in [0.25, 0.3) is 0 Å². The first-order valence-electron chi connectivity index (χ1n) is 11.3. The Hall–Kier alpha value is -0.340. The van der Waals surface area contributed by atoms with Crippen LogP contribution in [0.1, 0.15) is 116 Å². The molecule has 0 radical (unpaired) electrons. The molecular formula is C23H47NO. The quantitative estimate of drug-likeness (QED) is 0.0948. The fourth-order valence-corrected chi connectivity index (χ4v) is 3.54. The van der Waals surface area contributed by atoms with Crippen molar-refractivity contribution in [3.05, 3.63) is 17.9 Å². The lowest BCUT2D eigenvalue weighted by atomic mass is 10.0. The number of likely N-dealkylation sites (N-methyl/N-ethyl adjacent to an activating group) is 1. The predicted octanol–water partition coefficient (Wildman–Crippen LogP) is 7.77. The summed E-state index contributed by atoms with van der Waals surface area (Å²) >= 11 is 0. The van der Waals surface area contributed by atoms with Gasteiger partial charge in [0.1, 0.15) is 0 Å². The van der Waals surface area contributed by atoms with Gasteiger partial charge < -0.3 is 9.85 Å². The first kappa shape index (κ1) is 24.7. The molecule has 0 saturated heterocycles. The SMILES string of the molecule is C=CC[N+](C)([O-])CCCCCCCCCCCCCCCCCCC. The molecule has 0 N–H and O–H groups in total. The molecule has 1 unspecified atom stereocenters. The summed E-state index contributed by atoms with van der Waals surface area (Å²) in [5.74, 6) is 0. The number of unbranched alkanes of at least 4 members (excludes halogenated alkanes) is 16. The standard InChI is InChI=1S/C23H47NO/c1-4-6-7-8-9-10-11-12-13-14-15-16-17-18-19-20-21-23-24(3,25)22-5-2/h5H,2,4,6-23H2,1,3H3. The summed E-state index contributed by atoms with van der Waals surface area (Å²) in [6, 6.07) is 0. The third kappa shape index (κ3) is 19.8. The second kappa shape index (κ2) is 18.5. The van der Waals surface area contributed by atoms with E-state index in [0.717, 1.165) is 13.0 Å². The van der Waals surface area contributed by atoms with Crippen LogP contribution in [0.3, 0.4) is 0 Å². The van der Waals surface area contributed by atoms with Crippen molar-refractivity contribution in [2.24, 2.45) is 0 Å². The molecule has 0 aromatic heterocycles. The fourth-order valence-electron chi connectivity index (χ4n) is 3.54. The molecule has 0 fully saturated rings. The Kier molecular flexibility index (Phi) is 18.2. The van der Waals surface area contributed by atoms with Gasteiger partial charge in [-0.3, -0.25) is 0 Å². The highest BCUT2D eigenvalue weighted by Gasteiger charge is 2.06. The highest BCUT2D eigenvalue weighted by Crippen LogP contribution is 2.14. The van der Waals surface area contributed by atoms with Gasteiger partial charge in [-0.05, 0) is 18.9 Å². The Balaban J connectivity index is 3.11. The van der Waals surface area contributed by atoms with Crippen molar-refractivity contribution in [3.63, 3.8) is 0 Å². The van der Waals surface area contributed by atoms with E-state index < -0.39 is 0 Å². The molecule has 1 atom stereocenters. The van der Waals surface area contributed by atoms with Gasteiger partial charge in [0.15, 0.2) is 0 Å². The van der Waals surface area contributed by atoms with Gasteiger partial charge >= 0.3 is 0 Å². The summed E-state index contributed by atoms with van der Waals surface area (Å²) in [6.07, 6.45) is 25.2. The molecule has 0 spiro atoms. The third-order valence-electron chi connectivity index (χ3n) is 5.25. The molecule has 0 rings (SSSR count). The van der Waals surface area contributed by atoms with Crippen molar-refractivity contribution in [2.45, 2.75) is 116 Å². The topological polar surface area (TPSA) is 23.1 Å². The van der Waals surface area contributed by atoms with Gasteiger partial charge in [-0.2, -0.15) is 0 Å². The van der Waals surface area contributed by atoms with Crippen molar-refractivity contribution >= 4 is 0 Å². The minimum atomic E-state index is -0.151. The number of hydroxylamine groups is 3. The monoisotopic (exact) mass is 353 g/mol. The normalized spacial score (nSPS) is 13.7. The Bertz CT molecular complexity index is 275. The first-order chi connectivity index (χ1) is 12.1. The smallest absolute Gasteiger partial charge is 0.0966 e. The van der Waals surface area contributed by atoms with Crippen molar-refractivity contribution in [1.82, 2.24) is 0 Å². The molecule has 0 aliphatic rings. The zero-order chi connectivity index (χ0) is 18.6. The van der Waals surface area contributed by atoms with E-state index in [9.17, 15) is 5.21 Å². The number of hydrogen-bond donors (Lipinski definition) is 0. The van der Waals surface area contributed by atoms with Gasteiger partial charge in [-0.25, -0.2) is 0 Å². The molecule has 150 valence electrons. The molecule has 0 aromatic carbocycles. The molecule has 0 saturated carbocycles. The molecule has 25 heavy (non-hydrogen) atoms. The molecule has 0 bridgehead atoms. The molecule has 0 aromatic rings. The highest BCUT2D eigenvalue weighted by atomic mass is 16.5. The number of rotatable bonds is 20. The molecule has 0 amide bonds. The van der Waals surface area contributed by atoms with Crippen LogP contribution in [0.2, 0.25) is 0 Å². The van der Waals surface area contributed by atoms with Gasteiger partial charge in [0.2, 0.25) is 0 Å². The van der Waals surface area contributed by atoms with Gasteiger partial charge in [0.25, 0.3) is 0 Å². The van der Waals surface area contributed by atoms with Gasteiger partial charge in [-0.15, -0.1) is 0 Å². The lowest BCUT2D eigenvalue weighted by Gasteiger charge is -2.37. The minimum Gasteiger partial charge on any atom is -0.633 e.